The molecule has 110 valence electrons. The maximum atomic E-state index is 12.4. The van der Waals surface area contributed by atoms with Gasteiger partial charge in [-0.1, -0.05) is 6.92 Å². The highest BCUT2D eigenvalue weighted by atomic mass is 16.5. The van der Waals surface area contributed by atoms with E-state index in [9.17, 15) is 4.79 Å². The van der Waals surface area contributed by atoms with Gasteiger partial charge in [-0.25, -0.2) is 0 Å². The number of pyridine rings is 1. The van der Waals surface area contributed by atoms with E-state index in [4.69, 9.17) is 4.74 Å². The second-order valence-electron chi connectivity index (χ2n) is 5.22. The molecule has 0 aromatic carbocycles. The van der Waals surface area contributed by atoms with Crippen LogP contribution in [0, 0.1) is 5.92 Å². The van der Waals surface area contributed by atoms with Gasteiger partial charge in [-0.2, -0.15) is 0 Å². The van der Waals surface area contributed by atoms with Crippen LogP contribution in [0.3, 0.4) is 0 Å². The summed E-state index contributed by atoms with van der Waals surface area (Å²) < 4.78 is 5.44. The minimum atomic E-state index is -0.106. The van der Waals surface area contributed by atoms with Crippen molar-refractivity contribution in [2.75, 3.05) is 19.8 Å². The number of aromatic nitrogens is 1. The zero-order valence-electron chi connectivity index (χ0n) is 12.1. The molecule has 1 saturated heterocycles. The van der Waals surface area contributed by atoms with Gasteiger partial charge in [0.2, 0.25) is 5.91 Å². The summed E-state index contributed by atoms with van der Waals surface area (Å²) >= 11 is 0. The topological polar surface area (TPSA) is 63.2 Å². The first-order valence-corrected chi connectivity index (χ1v) is 7.23. The standard InChI is InChI=1S/C15H23N3O2/c1-3-6-17-14-10-20-9-13(14)15(19)18-11(2)12-4-7-16-8-5-12/h4-5,7-8,11,13-14,17H,3,6,9-10H2,1-2H3,(H,18,19)/t11-,13?,14?/m1/s1. The molecule has 0 spiro atoms. The normalized spacial score (nSPS) is 23.5. The number of nitrogens with zero attached hydrogens (tertiary/aromatic N) is 1. The van der Waals surface area contributed by atoms with Gasteiger partial charge in [-0.15, -0.1) is 0 Å². The predicted octanol–water partition coefficient (Wildman–Crippen LogP) is 1.27. The van der Waals surface area contributed by atoms with Crippen molar-refractivity contribution in [3.05, 3.63) is 30.1 Å². The summed E-state index contributed by atoms with van der Waals surface area (Å²) in [5, 5.41) is 6.44. The average Bonchev–Trinajstić information content (AvgIpc) is 2.94. The van der Waals surface area contributed by atoms with Crippen molar-refractivity contribution in [2.24, 2.45) is 5.92 Å². The lowest BCUT2D eigenvalue weighted by Gasteiger charge is -2.21. The summed E-state index contributed by atoms with van der Waals surface area (Å²) in [5.41, 5.74) is 1.06. The van der Waals surface area contributed by atoms with Crippen LogP contribution in [0.5, 0.6) is 0 Å². The van der Waals surface area contributed by atoms with Crippen molar-refractivity contribution < 1.29 is 9.53 Å². The zero-order valence-corrected chi connectivity index (χ0v) is 12.1. The van der Waals surface area contributed by atoms with E-state index in [0.717, 1.165) is 18.5 Å². The molecule has 5 nitrogen and oxygen atoms in total. The number of ether oxygens (including phenoxy) is 1. The van der Waals surface area contributed by atoms with Crippen molar-refractivity contribution in [1.29, 1.82) is 0 Å². The fourth-order valence-electron chi connectivity index (χ4n) is 2.40. The molecule has 0 aliphatic carbocycles. The number of hydrogen-bond donors (Lipinski definition) is 2. The number of carbonyl (C=O) groups is 1. The molecule has 20 heavy (non-hydrogen) atoms. The lowest BCUT2D eigenvalue weighted by molar-refractivity contribution is -0.126. The third-order valence-corrected chi connectivity index (χ3v) is 3.64. The summed E-state index contributed by atoms with van der Waals surface area (Å²) in [6.07, 6.45) is 4.53. The molecule has 1 aromatic rings. The van der Waals surface area contributed by atoms with E-state index in [2.05, 4.69) is 22.5 Å². The fraction of sp³-hybridized carbons (Fsp3) is 0.600. The molecule has 3 atom stereocenters. The molecule has 1 aliphatic heterocycles. The van der Waals surface area contributed by atoms with Crippen LogP contribution in [0.15, 0.2) is 24.5 Å². The Hall–Kier alpha value is -1.46. The van der Waals surface area contributed by atoms with Gasteiger partial charge in [-0.05, 0) is 37.6 Å². The first kappa shape index (κ1) is 14.9. The van der Waals surface area contributed by atoms with Gasteiger partial charge in [-0.3, -0.25) is 9.78 Å². The Bertz CT molecular complexity index is 424. The van der Waals surface area contributed by atoms with Gasteiger partial charge in [0.1, 0.15) is 0 Å². The Morgan fingerprint density at radius 1 is 1.45 bits per heavy atom. The molecule has 1 amide bonds. The van der Waals surface area contributed by atoms with Crippen LogP contribution in [0.25, 0.3) is 0 Å². The first-order valence-electron chi connectivity index (χ1n) is 7.23. The molecule has 1 aliphatic rings. The van der Waals surface area contributed by atoms with Crippen LogP contribution in [-0.2, 0) is 9.53 Å². The second-order valence-corrected chi connectivity index (χ2v) is 5.22. The summed E-state index contributed by atoms with van der Waals surface area (Å²) in [6.45, 7) is 6.12. The van der Waals surface area contributed by atoms with Gasteiger partial charge in [0.25, 0.3) is 0 Å². The Balaban J connectivity index is 1.90. The van der Waals surface area contributed by atoms with Crippen molar-refractivity contribution in [1.82, 2.24) is 15.6 Å². The van der Waals surface area contributed by atoms with Crippen molar-refractivity contribution in [3.8, 4) is 0 Å². The quantitative estimate of drug-likeness (QED) is 0.822. The van der Waals surface area contributed by atoms with E-state index in [1.54, 1.807) is 12.4 Å². The summed E-state index contributed by atoms with van der Waals surface area (Å²) in [6, 6.07) is 3.95. The Labute approximate surface area is 120 Å². The number of hydrogen-bond acceptors (Lipinski definition) is 4. The third kappa shape index (κ3) is 3.77. The average molecular weight is 277 g/mol. The van der Waals surface area contributed by atoms with Crippen molar-refractivity contribution >= 4 is 5.91 Å². The third-order valence-electron chi connectivity index (χ3n) is 3.64. The molecule has 1 fully saturated rings. The van der Waals surface area contributed by atoms with Crippen LogP contribution in [-0.4, -0.2) is 36.7 Å². The van der Waals surface area contributed by atoms with E-state index in [1.165, 1.54) is 0 Å². The predicted molar refractivity (Wildman–Crippen MR) is 77.2 cm³/mol. The van der Waals surface area contributed by atoms with E-state index < -0.39 is 0 Å². The van der Waals surface area contributed by atoms with Gasteiger partial charge < -0.3 is 15.4 Å². The van der Waals surface area contributed by atoms with Crippen LogP contribution in [0.2, 0.25) is 0 Å². The lowest BCUT2D eigenvalue weighted by atomic mass is 10.0. The van der Waals surface area contributed by atoms with E-state index in [1.807, 2.05) is 19.1 Å². The van der Waals surface area contributed by atoms with Crippen LogP contribution >= 0.6 is 0 Å². The van der Waals surface area contributed by atoms with Crippen LogP contribution < -0.4 is 10.6 Å². The molecule has 0 bridgehead atoms. The molecule has 0 radical (unpaired) electrons. The van der Waals surface area contributed by atoms with E-state index in [-0.39, 0.29) is 23.9 Å². The maximum absolute atomic E-state index is 12.4. The molecular formula is C15H23N3O2. The lowest BCUT2D eigenvalue weighted by Crippen LogP contribution is -2.44. The van der Waals surface area contributed by atoms with Gasteiger partial charge in [0.05, 0.1) is 25.2 Å². The Morgan fingerprint density at radius 2 is 2.20 bits per heavy atom. The fourth-order valence-corrected chi connectivity index (χ4v) is 2.40. The second kappa shape index (κ2) is 7.36. The monoisotopic (exact) mass is 277 g/mol. The highest BCUT2D eigenvalue weighted by molar-refractivity contribution is 5.80. The highest BCUT2D eigenvalue weighted by Crippen LogP contribution is 2.17. The molecule has 2 heterocycles. The smallest absolute Gasteiger partial charge is 0.227 e. The van der Waals surface area contributed by atoms with Crippen LogP contribution in [0.1, 0.15) is 31.9 Å². The first-order chi connectivity index (χ1) is 9.72. The largest absolute Gasteiger partial charge is 0.379 e. The number of rotatable bonds is 6. The summed E-state index contributed by atoms with van der Waals surface area (Å²) in [7, 11) is 0. The maximum Gasteiger partial charge on any atom is 0.227 e. The van der Waals surface area contributed by atoms with E-state index >= 15 is 0 Å². The molecule has 2 rings (SSSR count). The van der Waals surface area contributed by atoms with E-state index in [0.29, 0.717) is 13.2 Å². The number of amides is 1. The van der Waals surface area contributed by atoms with Crippen molar-refractivity contribution in [3.63, 3.8) is 0 Å². The molecule has 2 unspecified atom stereocenters. The minimum absolute atomic E-state index is 0.0158. The molecular weight excluding hydrogens is 254 g/mol. The Morgan fingerprint density at radius 3 is 2.90 bits per heavy atom. The highest BCUT2D eigenvalue weighted by Gasteiger charge is 2.34. The molecule has 1 aromatic heterocycles. The summed E-state index contributed by atoms with van der Waals surface area (Å²) in [5.74, 6) is -0.0498. The SMILES string of the molecule is CCCNC1COCC1C(=O)N[C@H](C)c1ccncc1. The van der Waals surface area contributed by atoms with Gasteiger partial charge >= 0.3 is 0 Å². The Kier molecular flexibility index (Phi) is 5.49. The zero-order chi connectivity index (χ0) is 14.4. The number of nitrogens with one attached hydrogen (secondary N) is 2. The van der Waals surface area contributed by atoms with Crippen LogP contribution in [0.4, 0.5) is 0 Å². The summed E-state index contributed by atoms with van der Waals surface area (Å²) in [4.78, 5) is 16.3. The molecule has 2 N–H and O–H groups in total. The molecule has 5 heteroatoms. The van der Waals surface area contributed by atoms with Crippen molar-refractivity contribution in [2.45, 2.75) is 32.4 Å². The minimum Gasteiger partial charge on any atom is -0.379 e. The van der Waals surface area contributed by atoms with Gasteiger partial charge in [0, 0.05) is 18.4 Å². The van der Waals surface area contributed by atoms with Gasteiger partial charge in [0.15, 0.2) is 0 Å². The molecule has 0 saturated carbocycles. The number of carbonyl (C=O) groups excluding carboxylic acids is 1.